The number of piperazine rings is 1. The minimum absolute atomic E-state index is 0.894. The smallest absolute Gasteiger partial charge is 0.225 e. The van der Waals surface area contributed by atoms with E-state index in [4.69, 9.17) is 9.97 Å². The lowest BCUT2D eigenvalue weighted by atomic mass is 10.1. The summed E-state index contributed by atoms with van der Waals surface area (Å²) in [6.07, 6.45) is 0.993. The largest absolute Gasteiger partial charge is 0.338 e. The van der Waals surface area contributed by atoms with Crippen molar-refractivity contribution in [3.8, 4) is 0 Å². The molecule has 0 radical (unpaired) electrons. The Morgan fingerprint density at radius 2 is 1.89 bits per heavy atom. The van der Waals surface area contributed by atoms with E-state index in [2.05, 4.69) is 29.1 Å². The van der Waals surface area contributed by atoms with E-state index in [1.807, 2.05) is 0 Å². The number of nitrogens with one attached hydrogen (secondary N) is 1. The molecule has 0 bridgehead atoms. The van der Waals surface area contributed by atoms with Crippen molar-refractivity contribution in [2.75, 3.05) is 38.1 Å². The van der Waals surface area contributed by atoms with Crippen LogP contribution in [0, 0.1) is 0 Å². The molecule has 1 aromatic rings. The number of anilines is 1. The third kappa shape index (κ3) is 2.08. The number of aromatic nitrogens is 2. The number of hydrogen-bond donors (Lipinski definition) is 1. The SMILES string of the molecule is CCc1nc(N2CCN(C)CC2)nc2c1CNC2. The molecule has 2 aliphatic rings. The van der Waals surface area contributed by atoms with Crippen molar-refractivity contribution in [3.63, 3.8) is 0 Å². The molecule has 5 nitrogen and oxygen atoms in total. The Labute approximate surface area is 108 Å². The fourth-order valence-corrected chi connectivity index (χ4v) is 2.66. The number of nitrogens with zero attached hydrogens (tertiary/aromatic N) is 4. The predicted octanol–water partition coefficient (Wildman–Crippen LogP) is 0.394. The second-order valence-corrected chi connectivity index (χ2v) is 5.14. The molecule has 0 unspecified atom stereocenters. The summed E-state index contributed by atoms with van der Waals surface area (Å²) >= 11 is 0. The van der Waals surface area contributed by atoms with Gasteiger partial charge in [-0.05, 0) is 13.5 Å². The summed E-state index contributed by atoms with van der Waals surface area (Å²) in [4.78, 5) is 14.2. The van der Waals surface area contributed by atoms with Crippen LogP contribution in [0.5, 0.6) is 0 Å². The summed E-state index contributed by atoms with van der Waals surface area (Å²) in [6, 6.07) is 0. The Morgan fingerprint density at radius 3 is 2.61 bits per heavy atom. The first-order valence-electron chi connectivity index (χ1n) is 6.81. The van der Waals surface area contributed by atoms with Crippen LogP contribution in [0.2, 0.25) is 0 Å². The van der Waals surface area contributed by atoms with Crippen molar-refractivity contribution in [2.24, 2.45) is 0 Å². The summed E-state index contributed by atoms with van der Waals surface area (Å²) < 4.78 is 0. The molecule has 2 aliphatic heterocycles. The van der Waals surface area contributed by atoms with Gasteiger partial charge in [-0.3, -0.25) is 0 Å². The Balaban J connectivity index is 1.88. The summed E-state index contributed by atoms with van der Waals surface area (Å²) in [7, 11) is 2.17. The second-order valence-electron chi connectivity index (χ2n) is 5.14. The molecule has 1 fully saturated rings. The van der Waals surface area contributed by atoms with Gasteiger partial charge in [0.2, 0.25) is 5.95 Å². The van der Waals surface area contributed by atoms with Crippen molar-refractivity contribution in [3.05, 3.63) is 17.0 Å². The van der Waals surface area contributed by atoms with E-state index in [9.17, 15) is 0 Å². The topological polar surface area (TPSA) is 44.3 Å². The van der Waals surface area contributed by atoms with E-state index in [0.717, 1.165) is 51.6 Å². The van der Waals surface area contributed by atoms with Gasteiger partial charge in [-0.2, -0.15) is 0 Å². The minimum Gasteiger partial charge on any atom is -0.338 e. The van der Waals surface area contributed by atoms with Crippen LogP contribution in [0.4, 0.5) is 5.95 Å². The fourth-order valence-electron chi connectivity index (χ4n) is 2.66. The van der Waals surface area contributed by atoms with Crippen molar-refractivity contribution in [1.29, 1.82) is 0 Å². The lowest BCUT2D eigenvalue weighted by Gasteiger charge is -2.32. The monoisotopic (exact) mass is 247 g/mol. The number of fused-ring (bicyclic) bond motifs is 1. The summed E-state index contributed by atoms with van der Waals surface area (Å²) in [5.74, 6) is 0.933. The quantitative estimate of drug-likeness (QED) is 0.819. The Bertz CT molecular complexity index is 437. The molecule has 1 aromatic heterocycles. The van der Waals surface area contributed by atoms with Gasteiger partial charge in [0.1, 0.15) is 0 Å². The molecule has 3 rings (SSSR count). The third-order valence-corrected chi connectivity index (χ3v) is 3.88. The van der Waals surface area contributed by atoms with Crippen LogP contribution in [-0.2, 0) is 19.5 Å². The highest BCUT2D eigenvalue weighted by molar-refractivity contribution is 5.39. The highest BCUT2D eigenvalue weighted by atomic mass is 15.3. The Kier molecular flexibility index (Phi) is 3.18. The molecular formula is C13H21N5. The van der Waals surface area contributed by atoms with Crippen LogP contribution in [0.3, 0.4) is 0 Å². The maximum Gasteiger partial charge on any atom is 0.225 e. The van der Waals surface area contributed by atoms with Crippen molar-refractivity contribution >= 4 is 5.95 Å². The van der Waals surface area contributed by atoms with Gasteiger partial charge in [0.05, 0.1) is 11.4 Å². The molecule has 98 valence electrons. The molecule has 0 aromatic carbocycles. The van der Waals surface area contributed by atoms with E-state index in [1.54, 1.807) is 0 Å². The fraction of sp³-hybridized carbons (Fsp3) is 0.692. The number of likely N-dealkylation sites (N-methyl/N-ethyl adjacent to an activating group) is 1. The summed E-state index contributed by atoms with van der Waals surface area (Å²) in [6.45, 7) is 8.26. The van der Waals surface area contributed by atoms with Gasteiger partial charge in [0.25, 0.3) is 0 Å². The third-order valence-electron chi connectivity index (χ3n) is 3.88. The second kappa shape index (κ2) is 4.82. The van der Waals surface area contributed by atoms with Gasteiger partial charge < -0.3 is 15.1 Å². The lowest BCUT2D eigenvalue weighted by molar-refractivity contribution is 0.311. The molecule has 0 spiro atoms. The first kappa shape index (κ1) is 11.9. The highest BCUT2D eigenvalue weighted by Gasteiger charge is 2.22. The zero-order valence-electron chi connectivity index (χ0n) is 11.2. The zero-order valence-corrected chi connectivity index (χ0v) is 11.2. The molecule has 0 atom stereocenters. The van der Waals surface area contributed by atoms with Gasteiger partial charge in [-0.25, -0.2) is 9.97 Å². The van der Waals surface area contributed by atoms with Crippen LogP contribution >= 0.6 is 0 Å². The van der Waals surface area contributed by atoms with E-state index in [1.165, 1.54) is 17.0 Å². The van der Waals surface area contributed by atoms with E-state index in [-0.39, 0.29) is 0 Å². The Hall–Kier alpha value is -1.20. The van der Waals surface area contributed by atoms with Crippen molar-refractivity contribution in [2.45, 2.75) is 26.4 Å². The normalized spacial score (nSPS) is 20.2. The average molecular weight is 247 g/mol. The van der Waals surface area contributed by atoms with Gasteiger partial charge in [0.15, 0.2) is 0 Å². The molecule has 18 heavy (non-hydrogen) atoms. The molecular weight excluding hydrogens is 226 g/mol. The van der Waals surface area contributed by atoms with E-state index >= 15 is 0 Å². The van der Waals surface area contributed by atoms with Gasteiger partial charge >= 0.3 is 0 Å². The molecule has 0 amide bonds. The van der Waals surface area contributed by atoms with E-state index < -0.39 is 0 Å². The van der Waals surface area contributed by atoms with Crippen molar-refractivity contribution < 1.29 is 0 Å². The van der Waals surface area contributed by atoms with E-state index in [0.29, 0.717) is 0 Å². The van der Waals surface area contributed by atoms with Gasteiger partial charge in [-0.1, -0.05) is 6.92 Å². The molecule has 0 saturated carbocycles. The maximum absolute atomic E-state index is 4.77. The van der Waals surface area contributed by atoms with Crippen molar-refractivity contribution in [1.82, 2.24) is 20.2 Å². The maximum atomic E-state index is 4.77. The highest BCUT2D eigenvalue weighted by Crippen LogP contribution is 2.21. The Morgan fingerprint density at radius 1 is 1.11 bits per heavy atom. The van der Waals surface area contributed by atoms with Gasteiger partial charge in [0, 0.05) is 44.8 Å². The number of aryl methyl sites for hydroxylation is 1. The molecule has 3 heterocycles. The van der Waals surface area contributed by atoms with Crippen LogP contribution in [0.25, 0.3) is 0 Å². The van der Waals surface area contributed by atoms with Crippen LogP contribution in [-0.4, -0.2) is 48.1 Å². The lowest BCUT2D eigenvalue weighted by Crippen LogP contribution is -2.45. The minimum atomic E-state index is 0.894. The molecule has 0 aliphatic carbocycles. The van der Waals surface area contributed by atoms with Gasteiger partial charge in [-0.15, -0.1) is 0 Å². The first-order valence-corrected chi connectivity index (χ1v) is 6.81. The zero-order chi connectivity index (χ0) is 12.5. The molecule has 5 heteroatoms. The van der Waals surface area contributed by atoms with Crippen LogP contribution in [0.15, 0.2) is 0 Å². The first-order chi connectivity index (χ1) is 8.78. The van der Waals surface area contributed by atoms with Crippen LogP contribution in [0.1, 0.15) is 23.9 Å². The number of hydrogen-bond acceptors (Lipinski definition) is 5. The van der Waals surface area contributed by atoms with Crippen LogP contribution < -0.4 is 10.2 Å². The standard InChI is InChI=1S/C13H21N5/c1-3-11-10-8-14-9-12(10)16-13(15-11)18-6-4-17(2)5-7-18/h14H,3-9H2,1-2H3. The molecule has 1 saturated heterocycles. The summed E-state index contributed by atoms with van der Waals surface area (Å²) in [5.41, 5.74) is 3.75. The summed E-state index contributed by atoms with van der Waals surface area (Å²) in [5, 5.41) is 3.37. The molecule has 1 N–H and O–H groups in total. The number of rotatable bonds is 2. The predicted molar refractivity (Wildman–Crippen MR) is 71.7 cm³/mol. The average Bonchev–Trinajstić information content (AvgIpc) is 2.86.